The van der Waals surface area contributed by atoms with Crippen LogP contribution in [-0.4, -0.2) is 23.2 Å². The molecule has 0 aliphatic heterocycles. The van der Waals surface area contributed by atoms with Crippen LogP contribution in [0.2, 0.25) is 39.3 Å². The summed E-state index contributed by atoms with van der Waals surface area (Å²) in [6.45, 7) is 18.0. The predicted molar refractivity (Wildman–Crippen MR) is 128 cm³/mol. The van der Waals surface area contributed by atoms with E-state index < -0.39 is 16.6 Å². The lowest BCUT2D eigenvalue weighted by Gasteiger charge is -2.24. The number of rotatable bonds is 17. The van der Waals surface area contributed by atoms with Gasteiger partial charge in [0, 0.05) is 0 Å². The highest BCUT2D eigenvalue weighted by Gasteiger charge is 2.21. The van der Waals surface area contributed by atoms with Gasteiger partial charge in [0.25, 0.3) is 5.95 Å². The molecule has 0 amide bonds. The van der Waals surface area contributed by atoms with Gasteiger partial charge in [0.1, 0.15) is 5.76 Å². The molecule has 0 heterocycles. The van der Waals surface area contributed by atoms with Crippen molar-refractivity contribution in [1.82, 2.24) is 0 Å². The minimum atomic E-state index is -1.71. The van der Waals surface area contributed by atoms with Crippen LogP contribution in [0.1, 0.15) is 78.1 Å². The smallest absolute Gasteiger partial charge is 0.268 e. The molecule has 0 fully saturated rings. The Morgan fingerprint density at radius 2 is 1.18 bits per heavy atom. The van der Waals surface area contributed by atoms with Crippen molar-refractivity contribution in [1.29, 1.82) is 0 Å². The molecule has 0 saturated carbocycles. The van der Waals surface area contributed by atoms with E-state index >= 15 is 0 Å². The van der Waals surface area contributed by atoms with E-state index in [2.05, 4.69) is 52.3 Å². The summed E-state index contributed by atoms with van der Waals surface area (Å²) in [5.41, 5.74) is 0. The van der Waals surface area contributed by atoms with Gasteiger partial charge in [-0.05, 0) is 65.1 Å². The summed E-state index contributed by atoms with van der Waals surface area (Å²) in [6, 6.07) is 0. The first-order valence-electron chi connectivity index (χ1n) is 11.5. The van der Waals surface area contributed by atoms with Crippen molar-refractivity contribution in [2.24, 2.45) is 0 Å². The van der Waals surface area contributed by atoms with Crippen molar-refractivity contribution in [3.63, 3.8) is 0 Å². The Bertz CT molecular complexity index is 446. The van der Waals surface area contributed by atoms with Gasteiger partial charge in [0.05, 0.1) is 12.7 Å². The van der Waals surface area contributed by atoms with Gasteiger partial charge in [-0.25, -0.2) is 0 Å². The van der Waals surface area contributed by atoms with Gasteiger partial charge in [0.15, 0.2) is 0 Å². The molecule has 0 atom stereocenters. The normalized spacial score (nSPS) is 13.6. The first-order chi connectivity index (χ1) is 13.1. The van der Waals surface area contributed by atoms with E-state index in [9.17, 15) is 0 Å². The Kier molecular flexibility index (Phi) is 14.8. The maximum atomic E-state index is 6.29. The Labute approximate surface area is 178 Å². The van der Waals surface area contributed by atoms with E-state index in [1.807, 2.05) is 13.0 Å². The van der Waals surface area contributed by atoms with Crippen molar-refractivity contribution in [2.75, 3.05) is 6.61 Å². The van der Waals surface area contributed by atoms with E-state index in [0.717, 1.165) is 12.2 Å². The Hall–Kier alpha value is -0.686. The molecule has 0 spiro atoms. The van der Waals surface area contributed by atoms with E-state index in [-0.39, 0.29) is 0 Å². The van der Waals surface area contributed by atoms with Gasteiger partial charge in [-0.3, -0.25) is 0 Å². The molecule has 0 saturated heterocycles. The van der Waals surface area contributed by atoms with Crippen molar-refractivity contribution in [3.8, 4) is 0 Å². The lowest BCUT2D eigenvalue weighted by Crippen LogP contribution is -2.27. The van der Waals surface area contributed by atoms with E-state index in [1.54, 1.807) is 0 Å². The lowest BCUT2D eigenvalue weighted by atomic mass is 10.1. The third-order valence-electron chi connectivity index (χ3n) is 4.03. The van der Waals surface area contributed by atoms with Crippen LogP contribution in [0.3, 0.4) is 0 Å². The Morgan fingerprint density at radius 3 is 1.64 bits per heavy atom. The monoisotopic (exact) mass is 428 g/mol. The zero-order valence-corrected chi connectivity index (χ0v) is 22.2. The summed E-state index contributed by atoms with van der Waals surface area (Å²) in [5, 5.41) is 0. The summed E-state index contributed by atoms with van der Waals surface area (Å²) >= 11 is 0. The number of hydrogen-bond acceptors (Lipinski definition) is 3. The van der Waals surface area contributed by atoms with Crippen LogP contribution in [0.5, 0.6) is 0 Å². The molecule has 0 radical (unpaired) electrons. The highest BCUT2D eigenvalue weighted by molar-refractivity contribution is 6.70. The summed E-state index contributed by atoms with van der Waals surface area (Å²) in [4.78, 5) is 0. The minimum Gasteiger partial charge on any atom is -0.544 e. The topological polar surface area (TPSA) is 27.7 Å². The largest absolute Gasteiger partial charge is 0.544 e. The van der Waals surface area contributed by atoms with Gasteiger partial charge in [-0.2, -0.15) is 0 Å². The highest BCUT2D eigenvalue weighted by Crippen LogP contribution is 2.19. The number of ether oxygens (including phenoxy) is 1. The van der Waals surface area contributed by atoms with Gasteiger partial charge in [0.2, 0.25) is 16.6 Å². The minimum absolute atomic E-state index is 0.606. The molecule has 0 bridgehead atoms. The van der Waals surface area contributed by atoms with Crippen LogP contribution in [0, 0.1) is 0 Å². The highest BCUT2D eigenvalue weighted by atomic mass is 28.4. The summed E-state index contributed by atoms with van der Waals surface area (Å²) in [6.07, 6.45) is 17.4. The summed E-state index contributed by atoms with van der Waals surface area (Å²) < 4.78 is 18.1. The Morgan fingerprint density at radius 1 is 0.679 bits per heavy atom. The van der Waals surface area contributed by atoms with Crippen LogP contribution in [0.15, 0.2) is 23.9 Å². The third-order valence-corrected chi connectivity index (χ3v) is 5.69. The quantitative estimate of drug-likeness (QED) is 0.101. The van der Waals surface area contributed by atoms with Crippen LogP contribution in [0.4, 0.5) is 0 Å². The molecular formula is C23H48O3Si2. The second-order valence-corrected chi connectivity index (χ2v) is 18.4. The lowest BCUT2D eigenvalue weighted by molar-refractivity contribution is 0.111. The van der Waals surface area contributed by atoms with Crippen LogP contribution in [0.25, 0.3) is 0 Å². The van der Waals surface area contributed by atoms with Gasteiger partial charge in [-0.1, -0.05) is 58.3 Å². The average Bonchev–Trinajstić information content (AvgIpc) is 2.53. The van der Waals surface area contributed by atoms with Crippen molar-refractivity contribution >= 4 is 16.6 Å². The Balaban J connectivity index is 4.59. The van der Waals surface area contributed by atoms with E-state index in [0.29, 0.717) is 12.6 Å². The van der Waals surface area contributed by atoms with Crippen molar-refractivity contribution < 1.29 is 13.6 Å². The zero-order valence-electron chi connectivity index (χ0n) is 20.2. The molecule has 0 aliphatic carbocycles. The zero-order chi connectivity index (χ0) is 21.5. The molecule has 28 heavy (non-hydrogen) atoms. The molecule has 0 aromatic heterocycles. The second kappa shape index (κ2) is 15.2. The van der Waals surface area contributed by atoms with Crippen LogP contribution < -0.4 is 0 Å². The van der Waals surface area contributed by atoms with Crippen LogP contribution in [-0.2, 0) is 13.6 Å². The molecule has 0 unspecified atom stereocenters. The fraction of sp³-hybridized carbons (Fsp3) is 0.826. The number of allylic oxidation sites excluding steroid dienone is 2. The van der Waals surface area contributed by atoms with Crippen molar-refractivity contribution in [3.05, 3.63) is 23.9 Å². The molecule has 0 aromatic carbocycles. The third kappa shape index (κ3) is 18.7. The number of hydrogen-bond donors (Lipinski definition) is 0. The molecule has 166 valence electrons. The molecular weight excluding hydrogens is 380 g/mol. The first kappa shape index (κ1) is 27.3. The van der Waals surface area contributed by atoms with E-state index in [4.69, 9.17) is 13.6 Å². The van der Waals surface area contributed by atoms with Crippen molar-refractivity contribution in [2.45, 2.75) is 117 Å². The molecule has 0 rings (SSSR count). The maximum absolute atomic E-state index is 6.29. The van der Waals surface area contributed by atoms with E-state index in [1.165, 1.54) is 57.8 Å². The maximum Gasteiger partial charge on any atom is 0.268 e. The first-order valence-corrected chi connectivity index (χ1v) is 18.3. The van der Waals surface area contributed by atoms with Gasteiger partial charge < -0.3 is 13.6 Å². The van der Waals surface area contributed by atoms with Crippen LogP contribution >= 0.6 is 0 Å². The summed E-state index contributed by atoms with van der Waals surface area (Å²) in [7, 11) is -3.39. The molecule has 0 aliphatic rings. The molecule has 3 nitrogen and oxygen atoms in total. The standard InChI is InChI=1S/C23H48O3Si2/c1-9-11-12-13-14-15-16-17-18-19-20-22(25-27(3,4)5)21-23(24-10-2)26-28(6,7)8/h20-21H,9-19H2,1-8H3/b22-20-,23-21+. The van der Waals surface area contributed by atoms with Gasteiger partial charge in [-0.15, -0.1) is 0 Å². The molecule has 0 aromatic rings. The predicted octanol–water partition coefficient (Wildman–Crippen LogP) is 8.37. The fourth-order valence-electron chi connectivity index (χ4n) is 2.84. The average molecular weight is 429 g/mol. The molecule has 0 N–H and O–H groups in total. The van der Waals surface area contributed by atoms with Gasteiger partial charge >= 0.3 is 0 Å². The second-order valence-electron chi connectivity index (χ2n) is 9.55. The fourth-order valence-corrected chi connectivity index (χ4v) is 4.41. The number of unbranched alkanes of at least 4 members (excludes halogenated alkanes) is 9. The SMILES string of the molecule is CCCCCCCCCCC/C=C(/C=C(\OCC)O[Si](C)(C)C)O[Si](C)(C)C. The summed E-state index contributed by atoms with van der Waals surface area (Å²) in [5.74, 6) is 1.53. The molecule has 5 heteroatoms.